The number of hydrogen-bond acceptors (Lipinski definition) is 4. The molecule has 1 saturated heterocycles. The van der Waals surface area contributed by atoms with Gasteiger partial charge in [0.25, 0.3) is 5.92 Å². The molecule has 4 aliphatic carbocycles. The molecule has 5 fully saturated rings. The normalized spacial score (nSPS) is 42.3. The predicted molar refractivity (Wildman–Crippen MR) is 92.7 cm³/mol. The molecule has 0 radical (unpaired) electrons. The van der Waals surface area contributed by atoms with Gasteiger partial charge in [-0.2, -0.15) is 5.26 Å². The smallest absolute Gasteiger partial charge is 0.260 e. The highest BCUT2D eigenvalue weighted by molar-refractivity contribution is 5.86. The first kappa shape index (κ1) is 18.1. The minimum atomic E-state index is -2.71. The molecule has 26 heavy (non-hydrogen) atoms. The van der Waals surface area contributed by atoms with E-state index in [1.54, 1.807) is 11.8 Å². The SMILES string of the molecule is CC(C(=N)N(C#N)C1C2CC3CC1CC(O)(C3)C2)N1CCCC(F)(F)C1. The zero-order valence-electron chi connectivity index (χ0n) is 15.3. The lowest BCUT2D eigenvalue weighted by Crippen LogP contribution is -2.63. The average Bonchev–Trinajstić information content (AvgIpc) is 2.54. The number of nitrogens with one attached hydrogen (secondary N) is 1. The largest absolute Gasteiger partial charge is 0.390 e. The van der Waals surface area contributed by atoms with Crippen molar-refractivity contribution in [3.05, 3.63) is 0 Å². The summed E-state index contributed by atoms with van der Waals surface area (Å²) in [5, 5.41) is 29.1. The zero-order valence-corrected chi connectivity index (χ0v) is 15.3. The van der Waals surface area contributed by atoms with Crippen molar-refractivity contribution in [2.45, 2.75) is 75.5 Å². The molecule has 4 saturated carbocycles. The molecule has 5 rings (SSSR count). The number of rotatable bonds is 3. The molecule has 0 aromatic heterocycles. The fourth-order valence-electron chi connectivity index (χ4n) is 6.36. The van der Waals surface area contributed by atoms with E-state index in [9.17, 15) is 19.1 Å². The molecular weight excluding hydrogens is 338 g/mol. The van der Waals surface area contributed by atoms with E-state index in [2.05, 4.69) is 6.19 Å². The van der Waals surface area contributed by atoms with Crippen molar-refractivity contribution in [2.75, 3.05) is 13.1 Å². The lowest BCUT2D eigenvalue weighted by Gasteiger charge is -2.59. The van der Waals surface area contributed by atoms with Crippen LogP contribution in [0.1, 0.15) is 51.9 Å². The summed E-state index contributed by atoms with van der Waals surface area (Å²) in [5.74, 6) is -1.60. The highest BCUT2D eigenvalue weighted by Gasteiger charge is 2.57. The fraction of sp³-hybridized carbons (Fsp3) is 0.895. The Balaban J connectivity index is 1.51. The maximum absolute atomic E-state index is 13.8. The Morgan fingerprint density at radius 3 is 2.50 bits per heavy atom. The molecule has 0 aromatic carbocycles. The summed E-state index contributed by atoms with van der Waals surface area (Å²) in [6.45, 7) is 1.96. The number of nitriles is 1. The molecule has 3 unspecified atom stereocenters. The number of aliphatic hydroxyl groups is 1. The van der Waals surface area contributed by atoms with Gasteiger partial charge in [0, 0.05) is 6.42 Å². The van der Waals surface area contributed by atoms with Gasteiger partial charge in [0.2, 0.25) is 0 Å². The van der Waals surface area contributed by atoms with Gasteiger partial charge in [-0.15, -0.1) is 0 Å². The van der Waals surface area contributed by atoms with E-state index in [0.717, 1.165) is 19.3 Å². The van der Waals surface area contributed by atoms with Gasteiger partial charge in [-0.25, -0.2) is 8.78 Å². The highest BCUT2D eigenvalue weighted by Crippen LogP contribution is 2.57. The van der Waals surface area contributed by atoms with Gasteiger partial charge in [-0.3, -0.25) is 15.2 Å². The Morgan fingerprint density at radius 1 is 1.31 bits per heavy atom. The van der Waals surface area contributed by atoms with Gasteiger partial charge in [0.05, 0.1) is 24.2 Å². The number of halogens is 2. The molecule has 0 aromatic rings. The number of piperidine rings is 1. The first-order valence-electron chi connectivity index (χ1n) is 9.83. The molecule has 0 amide bonds. The van der Waals surface area contributed by atoms with Crippen LogP contribution < -0.4 is 0 Å². The third kappa shape index (κ3) is 3.01. The Hall–Kier alpha value is -1.26. The average molecular weight is 366 g/mol. The van der Waals surface area contributed by atoms with E-state index >= 15 is 0 Å². The van der Waals surface area contributed by atoms with Crippen molar-refractivity contribution in [3.8, 4) is 6.19 Å². The Labute approximate surface area is 153 Å². The lowest BCUT2D eigenvalue weighted by molar-refractivity contribution is -0.147. The van der Waals surface area contributed by atoms with Crippen LogP contribution in [0, 0.1) is 34.6 Å². The topological polar surface area (TPSA) is 74.3 Å². The summed E-state index contributed by atoms with van der Waals surface area (Å²) in [7, 11) is 0. The first-order valence-corrected chi connectivity index (χ1v) is 9.83. The molecule has 0 spiro atoms. The van der Waals surface area contributed by atoms with Crippen molar-refractivity contribution < 1.29 is 13.9 Å². The van der Waals surface area contributed by atoms with Crippen LogP contribution in [-0.2, 0) is 0 Å². The Bertz CT molecular complexity index is 618. The molecule has 3 atom stereocenters. The standard InChI is InChI=1S/C19H28F2N4O/c1-12(24-4-2-3-19(20,21)10-24)17(23)25(11-22)16-14-5-13-6-15(16)9-18(26,7-13)8-14/h12-16,23,26H,2-10H2,1H3. The highest BCUT2D eigenvalue weighted by atomic mass is 19.3. The summed E-state index contributed by atoms with van der Waals surface area (Å²) in [6, 6.07) is -0.557. The van der Waals surface area contributed by atoms with Crippen molar-refractivity contribution >= 4 is 5.84 Å². The van der Waals surface area contributed by atoms with Gasteiger partial charge < -0.3 is 5.11 Å². The van der Waals surface area contributed by atoms with Crippen LogP contribution in [0.15, 0.2) is 0 Å². The monoisotopic (exact) mass is 366 g/mol. The number of amidine groups is 1. The molecule has 2 N–H and O–H groups in total. The summed E-state index contributed by atoms with van der Waals surface area (Å²) in [5.41, 5.74) is -0.586. The number of nitrogens with zero attached hydrogens (tertiary/aromatic N) is 3. The van der Waals surface area contributed by atoms with Crippen LogP contribution in [0.3, 0.4) is 0 Å². The second-order valence-corrected chi connectivity index (χ2v) is 9.15. The third-order valence-corrected chi connectivity index (χ3v) is 7.22. The summed E-state index contributed by atoms with van der Waals surface area (Å²) in [6.07, 6.45) is 6.80. The minimum Gasteiger partial charge on any atom is -0.390 e. The van der Waals surface area contributed by atoms with E-state index in [0.29, 0.717) is 31.7 Å². The van der Waals surface area contributed by atoms with Gasteiger partial charge >= 0.3 is 0 Å². The molecular formula is C19H28F2N4O. The Kier molecular flexibility index (Phi) is 4.27. The predicted octanol–water partition coefficient (Wildman–Crippen LogP) is 2.81. The Morgan fingerprint density at radius 2 is 1.96 bits per heavy atom. The van der Waals surface area contributed by atoms with Gasteiger partial charge in [-0.1, -0.05) is 0 Å². The zero-order chi connectivity index (χ0) is 18.7. The van der Waals surface area contributed by atoms with Gasteiger partial charge in [-0.05, 0) is 69.7 Å². The van der Waals surface area contributed by atoms with Crippen molar-refractivity contribution in [2.24, 2.45) is 17.8 Å². The summed E-state index contributed by atoms with van der Waals surface area (Å²) < 4.78 is 27.6. The van der Waals surface area contributed by atoms with Crippen molar-refractivity contribution in [1.29, 1.82) is 10.7 Å². The maximum Gasteiger partial charge on any atom is 0.260 e. The third-order valence-electron chi connectivity index (χ3n) is 7.22. The van der Waals surface area contributed by atoms with Crippen LogP contribution >= 0.6 is 0 Å². The second kappa shape index (κ2) is 6.13. The maximum atomic E-state index is 13.8. The lowest BCUT2D eigenvalue weighted by atomic mass is 9.52. The van der Waals surface area contributed by atoms with E-state index in [4.69, 9.17) is 5.41 Å². The molecule has 7 heteroatoms. The quantitative estimate of drug-likeness (QED) is 0.349. The van der Waals surface area contributed by atoms with E-state index in [1.807, 2.05) is 0 Å². The molecule has 4 bridgehead atoms. The number of hydrogen-bond donors (Lipinski definition) is 2. The van der Waals surface area contributed by atoms with Crippen LogP contribution in [0.2, 0.25) is 0 Å². The first-order chi connectivity index (χ1) is 12.2. The number of alkyl halides is 2. The number of likely N-dealkylation sites (tertiary alicyclic amines) is 1. The minimum absolute atomic E-state index is 0.0583. The van der Waals surface area contributed by atoms with Crippen molar-refractivity contribution in [3.63, 3.8) is 0 Å². The second-order valence-electron chi connectivity index (χ2n) is 9.15. The van der Waals surface area contributed by atoms with Crippen LogP contribution in [0.25, 0.3) is 0 Å². The molecule has 5 nitrogen and oxygen atoms in total. The fourth-order valence-corrected chi connectivity index (χ4v) is 6.36. The molecule has 1 aliphatic heterocycles. The van der Waals surface area contributed by atoms with E-state index < -0.39 is 17.6 Å². The van der Waals surface area contributed by atoms with Crippen LogP contribution in [-0.4, -0.2) is 57.4 Å². The van der Waals surface area contributed by atoms with Gasteiger partial charge in [0.15, 0.2) is 6.19 Å². The van der Waals surface area contributed by atoms with E-state index in [1.165, 1.54) is 4.90 Å². The molecule has 1 heterocycles. The van der Waals surface area contributed by atoms with Crippen molar-refractivity contribution in [1.82, 2.24) is 9.80 Å². The van der Waals surface area contributed by atoms with Crippen LogP contribution in [0.4, 0.5) is 8.78 Å². The summed E-state index contributed by atoms with van der Waals surface area (Å²) >= 11 is 0. The summed E-state index contributed by atoms with van der Waals surface area (Å²) in [4.78, 5) is 3.13. The van der Waals surface area contributed by atoms with Crippen LogP contribution in [0.5, 0.6) is 0 Å². The molecule has 5 aliphatic rings. The molecule has 144 valence electrons. The van der Waals surface area contributed by atoms with Gasteiger partial charge in [0.1, 0.15) is 5.84 Å². The van der Waals surface area contributed by atoms with E-state index in [-0.39, 0.29) is 36.7 Å².